The van der Waals surface area contributed by atoms with Crippen molar-refractivity contribution >= 4 is 9.39 Å². The Morgan fingerprint density at radius 2 is 2.00 bits per heavy atom. The van der Waals surface area contributed by atoms with Gasteiger partial charge in [-0.3, -0.25) is 5.43 Å². The summed E-state index contributed by atoms with van der Waals surface area (Å²) in [6.07, 6.45) is 0. The van der Waals surface area contributed by atoms with Crippen molar-refractivity contribution in [2.45, 2.75) is 0 Å². The van der Waals surface area contributed by atoms with E-state index in [-0.39, 0.29) is 0 Å². The topological polar surface area (TPSA) is 15.3 Å². The summed E-state index contributed by atoms with van der Waals surface area (Å²) in [4.78, 5) is 0. The summed E-state index contributed by atoms with van der Waals surface area (Å²) in [7, 11) is 6.22. The smallest absolute Gasteiger partial charge is 0.00512 e. The van der Waals surface area contributed by atoms with Gasteiger partial charge >= 0.3 is 0 Å². The molecule has 5 heavy (non-hydrogen) atoms. The van der Waals surface area contributed by atoms with E-state index >= 15 is 0 Å². The highest BCUT2D eigenvalue weighted by molar-refractivity contribution is 7.13. The molecule has 0 heterocycles. The van der Waals surface area contributed by atoms with Gasteiger partial charge in [-0.2, -0.15) is 0 Å². The standard InChI is InChI=1S/C2H9N2P/c1-3-4(2)5/h3H,5H2,1-2H3. The summed E-state index contributed by atoms with van der Waals surface area (Å²) in [5.41, 5.74) is 2.82. The van der Waals surface area contributed by atoms with Gasteiger partial charge in [-0.15, -0.1) is 0 Å². The minimum absolute atomic E-state index is 1.79. The lowest BCUT2D eigenvalue weighted by molar-refractivity contribution is 0.463. The normalized spacial score (nSPS) is 9.60. The largest absolute Gasteiger partial charge is 0.256 e. The van der Waals surface area contributed by atoms with E-state index in [1.165, 1.54) is 0 Å². The molecular weight excluding hydrogens is 83.0 g/mol. The highest BCUT2D eigenvalue weighted by atomic mass is 31.0. The van der Waals surface area contributed by atoms with Gasteiger partial charge in [0, 0.05) is 7.05 Å². The maximum atomic E-state index is 2.82. The van der Waals surface area contributed by atoms with Crippen LogP contribution in [0.4, 0.5) is 0 Å². The molecule has 0 bridgehead atoms. The van der Waals surface area contributed by atoms with Crippen LogP contribution in [-0.4, -0.2) is 18.9 Å². The quantitative estimate of drug-likeness (QED) is 0.357. The van der Waals surface area contributed by atoms with Crippen LogP contribution in [0, 0.1) is 0 Å². The molecule has 0 radical (unpaired) electrons. The van der Waals surface area contributed by atoms with Gasteiger partial charge in [0.05, 0.1) is 0 Å². The van der Waals surface area contributed by atoms with E-state index in [1.54, 1.807) is 4.78 Å². The van der Waals surface area contributed by atoms with Crippen molar-refractivity contribution in [3.8, 4) is 0 Å². The number of rotatable bonds is 1. The van der Waals surface area contributed by atoms with E-state index in [0.29, 0.717) is 0 Å². The predicted molar refractivity (Wildman–Crippen MR) is 26.5 cm³/mol. The molecule has 0 aliphatic carbocycles. The minimum Gasteiger partial charge on any atom is -0.256 e. The third kappa shape index (κ3) is 4.35. The van der Waals surface area contributed by atoms with E-state index in [2.05, 4.69) is 14.8 Å². The van der Waals surface area contributed by atoms with Crippen LogP contribution in [0.2, 0.25) is 0 Å². The van der Waals surface area contributed by atoms with Gasteiger partial charge in [-0.25, -0.2) is 4.78 Å². The van der Waals surface area contributed by atoms with Crippen LogP contribution in [-0.2, 0) is 0 Å². The summed E-state index contributed by atoms with van der Waals surface area (Å²) in [6, 6.07) is 0. The van der Waals surface area contributed by atoms with E-state index < -0.39 is 0 Å². The fourth-order valence-corrected chi connectivity index (χ4v) is 0. The highest BCUT2D eigenvalue weighted by Crippen LogP contribution is 1.78. The van der Waals surface area contributed by atoms with Crippen molar-refractivity contribution in [1.82, 2.24) is 10.2 Å². The highest BCUT2D eigenvalue weighted by Gasteiger charge is 1.69. The number of hydrazine groups is 1. The number of nitrogens with one attached hydrogen (secondary N) is 1. The van der Waals surface area contributed by atoms with E-state index in [1.807, 2.05) is 14.1 Å². The number of hydrogen-bond donors (Lipinski definition) is 1. The molecule has 0 saturated carbocycles. The molecule has 0 aliphatic heterocycles. The van der Waals surface area contributed by atoms with Crippen LogP contribution in [0.15, 0.2) is 0 Å². The first kappa shape index (κ1) is 5.35. The second kappa shape index (κ2) is 2.58. The summed E-state index contributed by atoms with van der Waals surface area (Å²) < 4.78 is 1.79. The Labute approximate surface area is 34.8 Å². The SMILES string of the molecule is CNN(C)P. The van der Waals surface area contributed by atoms with Crippen LogP contribution in [0.25, 0.3) is 0 Å². The lowest BCUT2D eigenvalue weighted by atomic mass is 11.4. The molecule has 0 rings (SSSR count). The Kier molecular flexibility index (Phi) is 2.76. The molecule has 1 unspecified atom stereocenters. The molecule has 32 valence electrons. The summed E-state index contributed by atoms with van der Waals surface area (Å²) in [5.74, 6) is 0. The van der Waals surface area contributed by atoms with Gasteiger partial charge < -0.3 is 0 Å². The fraction of sp³-hybridized carbons (Fsp3) is 1.00. The molecule has 0 aromatic heterocycles. The molecule has 0 amide bonds. The van der Waals surface area contributed by atoms with Gasteiger partial charge in [-0.1, -0.05) is 0 Å². The molecule has 0 fully saturated rings. The lowest BCUT2D eigenvalue weighted by Crippen LogP contribution is -2.18. The van der Waals surface area contributed by atoms with E-state index in [9.17, 15) is 0 Å². The van der Waals surface area contributed by atoms with E-state index in [4.69, 9.17) is 0 Å². The van der Waals surface area contributed by atoms with Crippen molar-refractivity contribution in [2.24, 2.45) is 0 Å². The second-order valence-corrected chi connectivity index (χ2v) is 1.61. The first-order valence-corrected chi connectivity index (χ1v) is 1.95. The minimum atomic E-state index is 1.79. The van der Waals surface area contributed by atoms with Crippen LogP contribution >= 0.6 is 9.39 Å². The molecule has 0 aromatic rings. The van der Waals surface area contributed by atoms with Crippen LogP contribution in [0.5, 0.6) is 0 Å². The van der Waals surface area contributed by atoms with Crippen LogP contribution < -0.4 is 5.43 Å². The molecule has 0 aromatic carbocycles. The zero-order chi connectivity index (χ0) is 4.28. The third-order valence-electron chi connectivity index (χ3n) is 0.353. The second-order valence-electron chi connectivity index (χ2n) is 0.835. The number of hydrogen-bond acceptors (Lipinski definition) is 2. The van der Waals surface area contributed by atoms with Crippen molar-refractivity contribution in [1.29, 1.82) is 0 Å². The Morgan fingerprint density at radius 3 is 2.00 bits per heavy atom. The first-order chi connectivity index (χ1) is 2.27. The van der Waals surface area contributed by atoms with Gasteiger partial charge in [0.1, 0.15) is 0 Å². The first-order valence-electron chi connectivity index (χ1n) is 1.43. The predicted octanol–water partition coefficient (Wildman–Crippen LogP) is -0.157. The van der Waals surface area contributed by atoms with Crippen molar-refractivity contribution in [3.05, 3.63) is 0 Å². The van der Waals surface area contributed by atoms with Gasteiger partial charge in [0.15, 0.2) is 0 Å². The Hall–Kier alpha value is 0.350. The molecule has 3 heteroatoms. The maximum absolute atomic E-state index is 2.82. The Bertz CT molecular complexity index is 21.6. The summed E-state index contributed by atoms with van der Waals surface area (Å²) in [6.45, 7) is 0. The Morgan fingerprint density at radius 1 is 1.80 bits per heavy atom. The van der Waals surface area contributed by atoms with Crippen molar-refractivity contribution in [2.75, 3.05) is 14.1 Å². The van der Waals surface area contributed by atoms with Crippen LogP contribution in [0.3, 0.4) is 0 Å². The van der Waals surface area contributed by atoms with Crippen molar-refractivity contribution < 1.29 is 0 Å². The van der Waals surface area contributed by atoms with E-state index in [0.717, 1.165) is 0 Å². The van der Waals surface area contributed by atoms with Crippen LogP contribution in [0.1, 0.15) is 0 Å². The molecular formula is C2H9N2P. The van der Waals surface area contributed by atoms with Crippen molar-refractivity contribution in [3.63, 3.8) is 0 Å². The Balaban J connectivity index is 2.54. The molecule has 1 atom stereocenters. The van der Waals surface area contributed by atoms with Gasteiger partial charge in [0.25, 0.3) is 0 Å². The molecule has 0 aliphatic rings. The average Bonchev–Trinajstić information content (AvgIpc) is 1.38. The lowest BCUT2D eigenvalue weighted by Gasteiger charge is -2.02. The van der Waals surface area contributed by atoms with Gasteiger partial charge in [-0.05, 0) is 16.4 Å². The monoisotopic (exact) mass is 92.1 g/mol. The number of nitrogens with zero attached hydrogens (tertiary/aromatic N) is 1. The molecule has 2 nitrogen and oxygen atoms in total. The van der Waals surface area contributed by atoms with Gasteiger partial charge in [0.2, 0.25) is 0 Å². The average molecular weight is 92.1 g/mol. The zero-order valence-corrected chi connectivity index (χ0v) is 4.68. The molecule has 0 saturated heterocycles. The fourth-order valence-electron chi connectivity index (χ4n) is 0. The third-order valence-corrected chi connectivity index (χ3v) is 0.611. The molecule has 0 spiro atoms. The maximum Gasteiger partial charge on any atom is 0.00512 e. The summed E-state index contributed by atoms with van der Waals surface area (Å²) in [5, 5.41) is 0. The zero-order valence-electron chi connectivity index (χ0n) is 3.52. The molecule has 1 N–H and O–H groups in total. The summed E-state index contributed by atoms with van der Waals surface area (Å²) >= 11 is 0.